The van der Waals surface area contributed by atoms with Gasteiger partial charge < -0.3 is 15.3 Å². The van der Waals surface area contributed by atoms with E-state index in [1.807, 2.05) is 30.3 Å². The standard InChI is InChI=1S/C21H25N3O3/c1-15(17-6-4-3-5-7-17)24-12-13-26-20(14-24)18-8-10-19(11-9-18)21(22)23-27-16(2)25/h3-11,15,20H,12-14H2,1-2H3,(H2,22,23)/t15-,20-/m1/s1. The maximum Gasteiger partial charge on any atom is 0.332 e. The Morgan fingerprint density at radius 3 is 2.59 bits per heavy atom. The van der Waals surface area contributed by atoms with Crippen LogP contribution in [0.3, 0.4) is 0 Å². The van der Waals surface area contributed by atoms with Gasteiger partial charge in [-0.3, -0.25) is 4.90 Å². The van der Waals surface area contributed by atoms with E-state index in [9.17, 15) is 4.79 Å². The number of nitrogens with zero attached hydrogens (tertiary/aromatic N) is 2. The molecular weight excluding hydrogens is 342 g/mol. The molecule has 1 aliphatic heterocycles. The lowest BCUT2D eigenvalue weighted by Crippen LogP contribution is -2.39. The van der Waals surface area contributed by atoms with Crippen molar-refractivity contribution in [2.75, 3.05) is 19.7 Å². The Labute approximate surface area is 159 Å². The molecule has 0 amide bonds. The minimum atomic E-state index is -0.502. The van der Waals surface area contributed by atoms with Crippen molar-refractivity contribution in [3.63, 3.8) is 0 Å². The van der Waals surface area contributed by atoms with Gasteiger partial charge >= 0.3 is 5.97 Å². The van der Waals surface area contributed by atoms with Crippen molar-refractivity contribution in [1.29, 1.82) is 0 Å². The van der Waals surface area contributed by atoms with Crippen LogP contribution >= 0.6 is 0 Å². The van der Waals surface area contributed by atoms with E-state index in [2.05, 4.69) is 46.1 Å². The van der Waals surface area contributed by atoms with Crippen molar-refractivity contribution in [2.45, 2.75) is 26.0 Å². The Balaban J connectivity index is 1.67. The molecule has 0 bridgehead atoms. The molecule has 1 fully saturated rings. The Morgan fingerprint density at radius 1 is 1.22 bits per heavy atom. The summed E-state index contributed by atoms with van der Waals surface area (Å²) in [7, 11) is 0. The van der Waals surface area contributed by atoms with E-state index in [1.54, 1.807) is 0 Å². The van der Waals surface area contributed by atoms with Gasteiger partial charge in [0.05, 0.1) is 12.7 Å². The third-order valence-corrected chi connectivity index (χ3v) is 4.78. The number of ether oxygens (including phenoxy) is 1. The van der Waals surface area contributed by atoms with Crippen LogP contribution in [0.25, 0.3) is 0 Å². The van der Waals surface area contributed by atoms with Crippen LogP contribution in [0.2, 0.25) is 0 Å². The summed E-state index contributed by atoms with van der Waals surface area (Å²) in [6.07, 6.45) is 0.00518. The molecule has 0 radical (unpaired) electrons. The lowest BCUT2D eigenvalue weighted by Gasteiger charge is -2.37. The first-order valence-corrected chi connectivity index (χ1v) is 9.06. The van der Waals surface area contributed by atoms with Gasteiger partial charge in [0.1, 0.15) is 0 Å². The summed E-state index contributed by atoms with van der Waals surface area (Å²) >= 11 is 0. The van der Waals surface area contributed by atoms with Crippen molar-refractivity contribution in [1.82, 2.24) is 4.90 Å². The summed E-state index contributed by atoms with van der Waals surface area (Å²) in [6, 6.07) is 18.5. The molecule has 0 spiro atoms. The van der Waals surface area contributed by atoms with Gasteiger partial charge in [0.15, 0.2) is 5.84 Å². The van der Waals surface area contributed by atoms with Crippen LogP contribution in [0.4, 0.5) is 0 Å². The van der Waals surface area contributed by atoms with E-state index in [0.717, 1.165) is 18.7 Å². The maximum atomic E-state index is 10.8. The summed E-state index contributed by atoms with van der Waals surface area (Å²) in [6.45, 7) is 5.94. The monoisotopic (exact) mass is 367 g/mol. The molecule has 0 aliphatic carbocycles. The quantitative estimate of drug-likeness (QED) is 0.380. The number of hydrogen-bond donors (Lipinski definition) is 1. The zero-order chi connectivity index (χ0) is 19.2. The summed E-state index contributed by atoms with van der Waals surface area (Å²) in [5, 5.41) is 3.61. The molecule has 3 rings (SSSR count). The van der Waals surface area contributed by atoms with Crippen LogP contribution in [0, 0.1) is 0 Å². The molecule has 0 saturated carbocycles. The molecule has 6 nitrogen and oxygen atoms in total. The van der Waals surface area contributed by atoms with E-state index < -0.39 is 5.97 Å². The van der Waals surface area contributed by atoms with Gasteiger partial charge in [-0.05, 0) is 18.1 Å². The number of hydrogen-bond acceptors (Lipinski definition) is 5. The highest BCUT2D eigenvalue weighted by Gasteiger charge is 2.26. The number of nitrogens with two attached hydrogens (primary N) is 1. The molecule has 0 aromatic heterocycles. The Hall–Kier alpha value is -2.70. The van der Waals surface area contributed by atoms with Crippen LogP contribution in [0.5, 0.6) is 0 Å². The first-order valence-electron chi connectivity index (χ1n) is 9.06. The predicted molar refractivity (Wildman–Crippen MR) is 104 cm³/mol. The highest BCUT2D eigenvalue weighted by molar-refractivity contribution is 5.97. The van der Waals surface area contributed by atoms with Crippen LogP contribution in [0.1, 0.15) is 42.7 Å². The molecule has 1 heterocycles. The SMILES string of the molecule is CC(=O)O/N=C(/N)c1ccc([C@H]2CN([C@H](C)c3ccccc3)CCO2)cc1. The zero-order valence-electron chi connectivity index (χ0n) is 15.7. The molecule has 1 saturated heterocycles. The second-order valence-corrected chi connectivity index (χ2v) is 6.62. The molecule has 6 heteroatoms. The van der Waals surface area contributed by atoms with Crippen LogP contribution in [0.15, 0.2) is 59.8 Å². The molecule has 2 N–H and O–H groups in total. The van der Waals surface area contributed by atoms with Crippen LogP contribution in [-0.4, -0.2) is 36.4 Å². The Kier molecular flexibility index (Phi) is 6.21. The fraction of sp³-hybridized carbons (Fsp3) is 0.333. The third kappa shape index (κ3) is 4.93. The van der Waals surface area contributed by atoms with E-state index in [1.165, 1.54) is 12.5 Å². The summed E-state index contributed by atoms with van der Waals surface area (Å²) in [5.74, 6) is -0.335. The maximum absolute atomic E-state index is 10.8. The lowest BCUT2D eigenvalue weighted by atomic mass is 10.0. The number of carbonyl (C=O) groups excluding carboxylic acids is 1. The first kappa shape index (κ1) is 19.1. The van der Waals surface area contributed by atoms with Gasteiger partial charge in [0, 0.05) is 31.6 Å². The van der Waals surface area contributed by atoms with E-state index in [-0.39, 0.29) is 11.9 Å². The fourth-order valence-corrected chi connectivity index (χ4v) is 3.20. The van der Waals surface area contributed by atoms with Crippen molar-refractivity contribution in [3.8, 4) is 0 Å². The Bertz CT molecular complexity index is 790. The predicted octanol–water partition coefficient (Wildman–Crippen LogP) is 3.00. The number of amidine groups is 1. The molecule has 0 unspecified atom stereocenters. The molecule has 142 valence electrons. The first-order chi connectivity index (χ1) is 13.0. The summed E-state index contributed by atoms with van der Waals surface area (Å²) in [4.78, 5) is 17.8. The summed E-state index contributed by atoms with van der Waals surface area (Å²) < 4.78 is 5.99. The van der Waals surface area contributed by atoms with E-state index in [0.29, 0.717) is 18.2 Å². The molecule has 2 atom stereocenters. The fourth-order valence-electron chi connectivity index (χ4n) is 3.20. The number of benzene rings is 2. The number of oxime groups is 1. The average molecular weight is 367 g/mol. The van der Waals surface area contributed by atoms with Gasteiger partial charge in [0.2, 0.25) is 0 Å². The Morgan fingerprint density at radius 2 is 1.93 bits per heavy atom. The van der Waals surface area contributed by atoms with Crippen molar-refractivity contribution >= 4 is 11.8 Å². The van der Waals surface area contributed by atoms with Gasteiger partial charge in [0.25, 0.3) is 0 Å². The minimum absolute atomic E-state index is 0.00518. The van der Waals surface area contributed by atoms with E-state index in [4.69, 9.17) is 10.5 Å². The van der Waals surface area contributed by atoms with Crippen molar-refractivity contribution in [2.24, 2.45) is 10.9 Å². The van der Waals surface area contributed by atoms with E-state index >= 15 is 0 Å². The molecule has 27 heavy (non-hydrogen) atoms. The molecule has 2 aromatic rings. The van der Waals surface area contributed by atoms with Crippen LogP contribution in [-0.2, 0) is 14.4 Å². The largest absolute Gasteiger partial charge is 0.380 e. The minimum Gasteiger partial charge on any atom is -0.380 e. The van der Waals surface area contributed by atoms with Gasteiger partial charge in [-0.15, -0.1) is 0 Å². The van der Waals surface area contributed by atoms with Crippen molar-refractivity contribution < 1.29 is 14.4 Å². The smallest absolute Gasteiger partial charge is 0.332 e. The second-order valence-electron chi connectivity index (χ2n) is 6.62. The van der Waals surface area contributed by atoms with Gasteiger partial charge in [-0.2, -0.15) is 0 Å². The van der Waals surface area contributed by atoms with Crippen LogP contribution < -0.4 is 5.73 Å². The molecular formula is C21H25N3O3. The van der Waals surface area contributed by atoms with Gasteiger partial charge in [-0.25, -0.2) is 4.79 Å². The zero-order valence-corrected chi connectivity index (χ0v) is 15.7. The number of morpholine rings is 1. The molecule has 2 aromatic carbocycles. The topological polar surface area (TPSA) is 77.1 Å². The second kappa shape index (κ2) is 8.79. The number of rotatable bonds is 5. The third-order valence-electron chi connectivity index (χ3n) is 4.78. The van der Waals surface area contributed by atoms with Crippen molar-refractivity contribution in [3.05, 3.63) is 71.3 Å². The molecule has 1 aliphatic rings. The van der Waals surface area contributed by atoms with Gasteiger partial charge in [-0.1, -0.05) is 59.8 Å². The average Bonchev–Trinajstić information content (AvgIpc) is 2.72. The number of carbonyl (C=O) groups is 1. The highest BCUT2D eigenvalue weighted by Crippen LogP contribution is 2.28. The summed E-state index contributed by atoms with van der Waals surface area (Å²) in [5.41, 5.74) is 8.93. The highest BCUT2D eigenvalue weighted by atomic mass is 16.7. The lowest BCUT2D eigenvalue weighted by molar-refractivity contribution is -0.140. The normalized spacial score (nSPS) is 19.5.